The predicted molar refractivity (Wildman–Crippen MR) is 87.7 cm³/mol. The number of aromatic nitrogens is 2. The molecule has 0 bridgehead atoms. The van der Waals surface area contributed by atoms with E-state index in [1.807, 2.05) is 6.07 Å². The number of aryl methyl sites for hydroxylation is 1. The average molecular weight is 365 g/mol. The van der Waals surface area contributed by atoms with Crippen LogP contribution >= 0.6 is 15.9 Å². The van der Waals surface area contributed by atoms with E-state index in [9.17, 15) is 9.59 Å². The second kappa shape index (κ2) is 6.58. The van der Waals surface area contributed by atoms with Crippen LogP contribution in [0.2, 0.25) is 0 Å². The maximum absolute atomic E-state index is 12.4. The van der Waals surface area contributed by atoms with Crippen LogP contribution in [0.1, 0.15) is 12.8 Å². The Bertz CT molecular complexity index is 753. The minimum absolute atomic E-state index is 0.0325. The van der Waals surface area contributed by atoms with Crippen LogP contribution < -0.4 is 16.2 Å². The SMILES string of the molecule is O=C(CCn1cnc2ccc(Br)cc2c1=O)NC1CCNC1. The van der Waals surface area contributed by atoms with Gasteiger partial charge >= 0.3 is 0 Å². The molecular formula is C15H17BrN4O2. The Kier molecular flexibility index (Phi) is 4.54. The molecule has 6 nitrogen and oxygen atoms in total. The molecule has 0 saturated carbocycles. The third-order valence-electron chi connectivity index (χ3n) is 3.79. The first-order valence-electron chi connectivity index (χ1n) is 7.28. The Morgan fingerprint density at radius 2 is 2.36 bits per heavy atom. The van der Waals surface area contributed by atoms with Crippen LogP contribution in [0.15, 0.2) is 33.8 Å². The summed E-state index contributed by atoms with van der Waals surface area (Å²) < 4.78 is 2.32. The van der Waals surface area contributed by atoms with Gasteiger partial charge in [0.2, 0.25) is 5.91 Å². The van der Waals surface area contributed by atoms with Crippen molar-refractivity contribution in [1.82, 2.24) is 20.2 Å². The Hall–Kier alpha value is -1.73. The predicted octanol–water partition coefficient (Wildman–Crippen LogP) is 1.03. The van der Waals surface area contributed by atoms with Crippen molar-refractivity contribution in [2.45, 2.75) is 25.4 Å². The number of fused-ring (bicyclic) bond motifs is 1. The first-order chi connectivity index (χ1) is 10.6. The summed E-state index contributed by atoms with van der Waals surface area (Å²) in [6.07, 6.45) is 2.73. The van der Waals surface area contributed by atoms with Crippen molar-refractivity contribution >= 4 is 32.7 Å². The number of hydrogen-bond acceptors (Lipinski definition) is 4. The Morgan fingerprint density at radius 3 is 3.14 bits per heavy atom. The highest BCUT2D eigenvalue weighted by molar-refractivity contribution is 9.10. The Labute approximate surface area is 136 Å². The monoisotopic (exact) mass is 364 g/mol. The van der Waals surface area contributed by atoms with E-state index in [0.29, 0.717) is 17.4 Å². The van der Waals surface area contributed by atoms with Crippen LogP contribution in [-0.4, -0.2) is 34.6 Å². The van der Waals surface area contributed by atoms with Gasteiger partial charge in [0, 0.05) is 30.0 Å². The summed E-state index contributed by atoms with van der Waals surface area (Å²) in [4.78, 5) is 28.6. The van der Waals surface area contributed by atoms with Crippen molar-refractivity contribution in [3.63, 3.8) is 0 Å². The topological polar surface area (TPSA) is 76.0 Å². The Morgan fingerprint density at radius 1 is 1.50 bits per heavy atom. The van der Waals surface area contributed by atoms with Crippen LogP contribution in [-0.2, 0) is 11.3 Å². The number of hydrogen-bond donors (Lipinski definition) is 2. The molecule has 1 aromatic heterocycles. The highest BCUT2D eigenvalue weighted by Gasteiger charge is 2.16. The molecule has 1 saturated heterocycles. The number of halogens is 1. The fraction of sp³-hybridized carbons (Fsp3) is 0.400. The molecular weight excluding hydrogens is 348 g/mol. The molecule has 116 valence electrons. The molecule has 1 aliphatic heterocycles. The van der Waals surface area contributed by atoms with Gasteiger partial charge in [0.15, 0.2) is 0 Å². The molecule has 2 N–H and O–H groups in total. The molecule has 3 rings (SSSR count). The molecule has 0 aliphatic carbocycles. The normalized spacial score (nSPS) is 17.8. The summed E-state index contributed by atoms with van der Waals surface area (Å²) in [6.45, 7) is 2.09. The smallest absolute Gasteiger partial charge is 0.261 e. The third-order valence-corrected chi connectivity index (χ3v) is 4.28. The molecule has 22 heavy (non-hydrogen) atoms. The second-order valence-corrected chi connectivity index (χ2v) is 6.33. The molecule has 2 heterocycles. The first-order valence-corrected chi connectivity index (χ1v) is 8.07. The molecule has 0 radical (unpaired) electrons. The summed E-state index contributed by atoms with van der Waals surface area (Å²) in [7, 11) is 0. The lowest BCUT2D eigenvalue weighted by atomic mass is 10.2. The van der Waals surface area contributed by atoms with Crippen molar-refractivity contribution in [2.75, 3.05) is 13.1 Å². The lowest BCUT2D eigenvalue weighted by Crippen LogP contribution is -2.37. The van der Waals surface area contributed by atoms with E-state index in [2.05, 4.69) is 31.5 Å². The number of rotatable bonds is 4. The van der Waals surface area contributed by atoms with Gasteiger partial charge in [-0.15, -0.1) is 0 Å². The van der Waals surface area contributed by atoms with Gasteiger partial charge in [-0.25, -0.2) is 4.98 Å². The van der Waals surface area contributed by atoms with Crippen molar-refractivity contribution < 1.29 is 4.79 Å². The fourth-order valence-corrected chi connectivity index (χ4v) is 2.95. The van der Waals surface area contributed by atoms with Crippen LogP contribution in [0.3, 0.4) is 0 Å². The van der Waals surface area contributed by atoms with E-state index in [0.717, 1.165) is 24.0 Å². The molecule has 1 unspecified atom stereocenters. The lowest BCUT2D eigenvalue weighted by Gasteiger charge is -2.12. The number of carbonyl (C=O) groups is 1. The fourth-order valence-electron chi connectivity index (χ4n) is 2.59. The summed E-state index contributed by atoms with van der Waals surface area (Å²) in [5.74, 6) is -0.0325. The van der Waals surface area contributed by atoms with Crippen LogP contribution in [0.25, 0.3) is 10.9 Å². The van der Waals surface area contributed by atoms with E-state index >= 15 is 0 Å². The average Bonchev–Trinajstić information content (AvgIpc) is 3.00. The van der Waals surface area contributed by atoms with Gasteiger partial charge in [-0.1, -0.05) is 15.9 Å². The third kappa shape index (κ3) is 3.36. The zero-order chi connectivity index (χ0) is 15.5. The van der Waals surface area contributed by atoms with Crippen molar-refractivity contribution in [2.24, 2.45) is 0 Å². The lowest BCUT2D eigenvalue weighted by molar-refractivity contribution is -0.121. The van der Waals surface area contributed by atoms with Crippen molar-refractivity contribution in [3.8, 4) is 0 Å². The van der Waals surface area contributed by atoms with Crippen LogP contribution in [0.4, 0.5) is 0 Å². The molecule has 1 amide bonds. The van der Waals surface area contributed by atoms with E-state index in [-0.39, 0.29) is 23.9 Å². The van der Waals surface area contributed by atoms with Gasteiger partial charge < -0.3 is 10.6 Å². The summed E-state index contributed by atoms with van der Waals surface area (Å²) >= 11 is 3.36. The van der Waals surface area contributed by atoms with Gasteiger partial charge in [0.1, 0.15) is 0 Å². The molecule has 1 atom stereocenters. The van der Waals surface area contributed by atoms with Crippen molar-refractivity contribution in [1.29, 1.82) is 0 Å². The largest absolute Gasteiger partial charge is 0.352 e. The number of amides is 1. The number of carbonyl (C=O) groups excluding carboxylic acids is 1. The maximum atomic E-state index is 12.4. The maximum Gasteiger partial charge on any atom is 0.261 e. The first kappa shape index (κ1) is 15.2. The highest BCUT2D eigenvalue weighted by atomic mass is 79.9. The van der Waals surface area contributed by atoms with Gasteiger partial charge in [-0.2, -0.15) is 0 Å². The van der Waals surface area contributed by atoms with Gasteiger partial charge in [0.05, 0.1) is 17.2 Å². The number of nitrogens with one attached hydrogen (secondary N) is 2. The van der Waals surface area contributed by atoms with E-state index in [1.165, 1.54) is 10.9 Å². The van der Waals surface area contributed by atoms with Gasteiger partial charge in [0.25, 0.3) is 5.56 Å². The second-order valence-electron chi connectivity index (χ2n) is 5.41. The van der Waals surface area contributed by atoms with E-state index in [4.69, 9.17) is 0 Å². The quantitative estimate of drug-likeness (QED) is 0.849. The van der Waals surface area contributed by atoms with Crippen LogP contribution in [0, 0.1) is 0 Å². The zero-order valence-corrected chi connectivity index (χ0v) is 13.6. The summed E-state index contributed by atoms with van der Waals surface area (Å²) in [5.41, 5.74) is 0.535. The van der Waals surface area contributed by atoms with Gasteiger partial charge in [-0.05, 0) is 31.2 Å². The molecule has 7 heteroatoms. The summed E-state index contributed by atoms with van der Waals surface area (Å²) in [5, 5.41) is 6.72. The molecule has 0 spiro atoms. The molecule has 2 aromatic rings. The minimum Gasteiger partial charge on any atom is -0.352 e. The summed E-state index contributed by atoms with van der Waals surface area (Å²) in [6, 6.07) is 5.60. The van der Waals surface area contributed by atoms with E-state index in [1.54, 1.807) is 12.1 Å². The number of benzene rings is 1. The molecule has 1 fully saturated rings. The zero-order valence-electron chi connectivity index (χ0n) is 12.0. The van der Waals surface area contributed by atoms with E-state index < -0.39 is 0 Å². The van der Waals surface area contributed by atoms with Gasteiger partial charge in [-0.3, -0.25) is 14.2 Å². The molecule has 1 aromatic carbocycles. The van der Waals surface area contributed by atoms with Crippen molar-refractivity contribution in [3.05, 3.63) is 39.4 Å². The number of nitrogens with zero attached hydrogens (tertiary/aromatic N) is 2. The van der Waals surface area contributed by atoms with Crippen LogP contribution in [0.5, 0.6) is 0 Å². The Balaban J connectivity index is 1.69. The minimum atomic E-state index is -0.123. The highest BCUT2D eigenvalue weighted by Crippen LogP contribution is 2.14. The molecule has 1 aliphatic rings. The standard InChI is InChI=1S/C15H17BrN4O2/c16-10-1-2-13-12(7-10)15(22)20(9-18-13)6-4-14(21)19-11-3-5-17-8-11/h1-2,7,9,11,17H,3-6,8H2,(H,19,21).